The number of hydrogen-bond acceptors (Lipinski definition) is 4. The smallest absolute Gasteiger partial charge is 0.799 e. The summed E-state index contributed by atoms with van der Waals surface area (Å²) in [5.41, 5.74) is 0. The van der Waals surface area contributed by atoms with E-state index < -0.39 is 14.7 Å². The van der Waals surface area contributed by atoms with Crippen molar-refractivity contribution in [1.29, 1.82) is 0 Å². The van der Waals surface area contributed by atoms with Crippen molar-refractivity contribution in [3.63, 3.8) is 0 Å². The van der Waals surface area contributed by atoms with Crippen LogP contribution in [0.25, 0.3) is 0 Å². The van der Waals surface area contributed by atoms with Crippen LogP contribution in [-0.2, 0) is 25.9 Å². The molecule has 0 aliphatic heterocycles. The fraction of sp³-hybridized carbons (Fsp3) is 1.00. The van der Waals surface area contributed by atoms with E-state index in [1.54, 1.807) is 0 Å². The second kappa shape index (κ2) is 49.3. The average molecular weight is 862 g/mol. The van der Waals surface area contributed by atoms with Crippen LogP contribution in [0.2, 0.25) is 0 Å². The van der Waals surface area contributed by atoms with Crippen molar-refractivity contribution in [2.75, 3.05) is 24.6 Å². The number of unbranched alkanes of at least 4 members (excludes halogenated alkanes) is 36. The van der Waals surface area contributed by atoms with E-state index in [0.29, 0.717) is 24.6 Å². The van der Waals surface area contributed by atoms with Gasteiger partial charge in [0.1, 0.15) is 0 Å². The van der Waals surface area contributed by atoms with E-state index in [9.17, 15) is 18.9 Å². The molecule has 0 aromatic carbocycles. The van der Waals surface area contributed by atoms with E-state index in [0.717, 1.165) is 51.4 Å². The van der Waals surface area contributed by atoms with Crippen LogP contribution in [0, 0.1) is 0 Å². The van der Waals surface area contributed by atoms with Crippen LogP contribution in [0.15, 0.2) is 0 Å². The van der Waals surface area contributed by atoms with E-state index >= 15 is 0 Å². The molecule has 4 nitrogen and oxygen atoms in total. The minimum absolute atomic E-state index is 0. The summed E-state index contributed by atoms with van der Waals surface area (Å²) in [5.74, 6) is 0. The first-order valence-electron chi connectivity index (χ1n) is 24.8. The number of rotatable bonds is 44. The van der Waals surface area contributed by atoms with E-state index in [4.69, 9.17) is 0 Å². The maximum absolute atomic E-state index is 12.1. The normalized spacial score (nSPS) is 11.7. The first kappa shape index (κ1) is 60.2. The van der Waals surface area contributed by atoms with Crippen molar-refractivity contribution in [2.24, 2.45) is 0 Å². The van der Waals surface area contributed by atoms with Crippen LogP contribution in [0.4, 0.5) is 0 Å². The Kier molecular flexibility index (Phi) is 53.9. The first-order chi connectivity index (χ1) is 26.2. The standard InChI is InChI=1S/2C24H51O2P.Co/c2*1-3-5-7-9-11-13-15-17-19-21-23-27(25,26)24-22-20-18-16-14-12-10-8-6-4-2;/h2*3-24H2,1-2H3,(H,25,26);/q;;+2/p-2. The Morgan fingerprint density at radius 1 is 0.236 bits per heavy atom. The van der Waals surface area contributed by atoms with Crippen molar-refractivity contribution in [3.05, 3.63) is 0 Å². The van der Waals surface area contributed by atoms with Crippen molar-refractivity contribution in [3.8, 4) is 0 Å². The molecule has 0 fully saturated rings. The molecule has 0 aliphatic rings. The molecule has 0 aromatic heterocycles. The molecule has 0 saturated carbocycles. The summed E-state index contributed by atoms with van der Waals surface area (Å²) in [7, 11) is -6.18. The monoisotopic (exact) mass is 862 g/mol. The Hall–Kier alpha value is 0.886. The van der Waals surface area contributed by atoms with Crippen LogP contribution in [0.1, 0.15) is 285 Å². The Morgan fingerprint density at radius 3 is 0.473 bits per heavy atom. The first-order valence-corrected chi connectivity index (χ1v) is 28.8. The predicted molar refractivity (Wildman–Crippen MR) is 242 cm³/mol. The molecule has 1 radical (unpaired) electrons. The summed E-state index contributed by atoms with van der Waals surface area (Å²) < 4.78 is 24.3. The SMILES string of the molecule is CCCCCCCCCCCCP(=O)([O-])CCCCCCCCCCCC.CCCCCCCCCCCCP(=O)([O-])CCCCCCCCCCCC.[Co+2]. The molecule has 0 N–H and O–H groups in total. The third-order valence-corrected chi connectivity index (χ3v) is 15.4. The Morgan fingerprint density at radius 2 is 0.345 bits per heavy atom. The van der Waals surface area contributed by atoms with Crippen molar-refractivity contribution in [2.45, 2.75) is 285 Å². The van der Waals surface area contributed by atoms with Gasteiger partial charge in [0.25, 0.3) is 0 Å². The van der Waals surface area contributed by atoms with Gasteiger partial charge in [-0.1, -0.05) is 259 Å². The molecule has 0 aromatic rings. The number of hydrogen-bond donors (Lipinski definition) is 0. The Bertz CT molecular complexity index is 676. The van der Waals surface area contributed by atoms with Gasteiger partial charge in [-0.2, -0.15) is 0 Å². The molecule has 0 unspecified atom stereocenters. The third kappa shape index (κ3) is 54.9. The molecule has 0 rings (SSSR count). The van der Waals surface area contributed by atoms with Gasteiger partial charge in [-0.15, -0.1) is 0 Å². The van der Waals surface area contributed by atoms with Crippen molar-refractivity contribution >= 4 is 14.7 Å². The van der Waals surface area contributed by atoms with Gasteiger partial charge in [0, 0.05) is 14.7 Å². The molecular formula is C48H100CoO4P2. The van der Waals surface area contributed by atoms with Crippen LogP contribution in [-0.4, -0.2) is 24.6 Å². The van der Waals surface area contributed by atoms with Gasteiger partial charge in [-0.3, -0.25) is 0 Å². The topological polar surface area (TPSA) is 80.3 Å². The summed E-state index contributed by atoms with van der Waals surface area (Å²) in [6, 6.07) is 0. The third-order valence-electron chi connectivity index (χ3n) is 11.4. The van der Waals surface area contributed by atoms with Gasteiger partial charge in [-0.05, 0) is 50.3 Å². The summed E-state index contributed by atoms with van der Waals surface area (Å²) in [5, 5.41) is 0. The second-order valence-electron chi connectivity index (χ2n) is 17.3. The van der Waals surface area contributed by atoms with Gasteiger partial charge in [0.2, 0.25) is 0 Å². The molecule has 0 aliphatic carbocycles. The summed E-state index contributed by atoms with van der Waals surface area (Å²) in [6.07, 6.45) is 52.3. The fourth-order valence-electron chi connectivity index (χ4n) is 7.58. The van der Waals surface area contributed by atoms with Gasteiger partial charge in [-0.25, -0.2) is 0 Å². The maximum atomic E-state index is 12.1. The van der Waals surface area contributed by atoms with Crippen LogP contribution in [0.3, 0.4) is 0 Å². The summed E-state index contributed by atoms with van der Waals surface area (Å²) >= 11 is 0. The van der Waals surface area contributed by atoms with Crippen LogP contribution >= 0.6 is 14.7 Å². The average Bonchev–Trinajstić information content (AvgIpc) is 3.15. The quantitative estimate of drug-likeness (QED) is 0.0451. The van der Waals surface area contributed by atoms with E-state index in [1.165, 1.54) is 205 Å². The zero-order valence-electron chi connectivity index (χ0n) is 38.0. The van der Waals surface area contributed by atoms with Crippen LogP contribution < -0.4 is 9.79 Å². The maximum Gasteiger partial charge on any atom is 2.00 e. The van der Waals surface area contributed by atoms with Crippen molar-refractivity contribution in [1.82, 2.24) is 0 Å². The zero-order chi connectivity index (χ0) is 40.1. The fourth-order valence-corrected chi connectivity index (χ4v) is 10.9. The zero-order valence-corrected chi connectivity index (χ0v) is 40.8. The molecule has 0 spiro atoms. The molecule has 0 heterocycles. The van der Waals surface area contributed by atoms with Crippen molar-refractivity contribution < 1.29 is 35.7 Å². The molecule has 0 saturated heterocycles. The van der Waals surface area contributed by atoms with Gasteiger partial charge in [0.15, 0.2) is 0 Å². The molecule has 0 amide bonds. The van der Waals surface area contributed by atoms with E-state index in [-0.39, 0.29) is 16.8 Å². The summed E-state index contributed by atoms with van der Waals surface area (Å²) in [4.78, 5) is 24.3. The van der Waals surface area contributed by atoms with Crippen LogP contribution in [0.5, 0.6) is 0 Å². The second-order valence-corrected chi connectivity index (χ2v) is 22.3. The molecule has 335 valence electrons. The van der Waals surface area contributed by atoms with Gasteiger partial charge >= 0.3 is 16.8 Å². The molecule has 7 heteroatoms. The molecule has 0 bridgehead atoms. The predicted octanol–water partition coefficient (Wildman–Crippen LogP) is 16.9. The molecular weight excluding hydrogens is 761 g/mol. The van der Waals surface area contributed by atoms with Gasteiger partial charge < -0.3 is 18.9 Å². The van der Waals surface area contributed by atoms with Gasteiger partial charge in [0.05, 0.1) is 0 Å². The van der Waals surface area contributed by atoms with E-state index in [2.05, 4.69) is 27.7 Å². The molecule has 55 heavy (non-hydrogen) atoms. The van der Waals surface area contributed by atoms with E-state index in [1.807, 2.05) is 0 Å². The minimum Gasteiger partial charge on any atom is -0.799 e. The molecule has 0 atom stereocenters. The Balaban J connectivity index is -0.000000966. The summed E-state index contributed by atoms with van der Waals surface area (Å²) in [6.45, 7) is 9.02. The Labute approximate surface area is 358 Å². The largest absolute Gasteiger partial charge is 2.00 e. The minimum atomic E-state index is -3.09.